The average molecular weight is 290 g/mol. The summed E-state index contributed by atoms with van der Waals surface area (Å²) in [4.78, 5) is 3.91. The molecule has 0 aliphatic heterocycles. The second-order valence-corrected chi connectivity index (χ2v) is 5.31. The molecule has 0 amide bonds. The van der Waals surface area contributed by atoms with Crippen molar-refractivity contribution in [2.24, 2.45) is 12.2 Å². The predicted octanol–water partition coefficient (Wildman–Crippen LogP) is 1.03. The topological polar surface area (TPSA) is 97.3 Å². The minimum absolute atomic E-state index is 0.00899. The van der Waals surface area contributed by atoms with Crippen LogP contribution in [0.3, 0.4) is 0 Å². The van der Waals surface area contributed by atoms with Gasteiger partial charge in [-0.15, -0.1) is 0 Å². The van der Waals surface area contributed by atoms with Gasteiger partial charge in [0.15, 0.2) is 11.5 Å². The van der Waals surface area contributed by atoms with Gasteiger partial charge in [0.1, 0.15) is 17.2 Å². The predicted molar refractivity (Wildman–Crippen MR) is 70.2 cm³/mol. The number of imidazole rings is 1. The number of nitrogens with zero attached hydrogens (tertiary/aromatic N) is 4. The molecular weight excluding hydrogens is 280 g/mol. The minimum Gasteiger partial charge on any atom is -0.332 e. The molecule has 2 rings (SSSR count). The number of aromatic nitrogens is 2. The smallest absolute Gasteiger partial charge is 0.332 e. The van der Waals surface area contributed by atoms with Crippen LogP contribution in [0, 0.1) is 11.3 Å². The van der Waals surface area contributed by atoms with Gasteiger partial charge in [-0.05, 0) is 12.1 Å². The third kappa shape index (κ3) is 3.02. The first-order chi connectivity index (χ1) is 9.53. The maximum atomic E-state index is 11.8. The summed E-state index contributed by atoms with van der Waals surface area (Å²) in [7, 11) is -2.29. The van der Waals surface area contributed by atoms with Gasteiger partial charge >= 0.3 is 10.1 Å². The Bertz CT molecular complexity index is 773. The van der Waals surface area contributed by atoms with Gasteiger partial charge in [-0.3, -0.25) is 4.28 Å². The summed E-state index contributed by atoms with van der Waals surface area (Å²) in [6.45, 7) is 0. The van der Waals surface area contributed by atoms with E-state index in [9.17, 15) is 8.42 Å². The number of rotatable bonds is 4. The summed E-state index contributed by atoms with van der Waals surface area (Å²) < 4.78 is 29.6. The second-order valence-electron chi connectivity index (χ2n) is 3.78. The fourth-order valence-electron chi connectivity index (χ4n) is 1.41. The van der Waals surface area contributed by atoms with E-state index in [0.29, 0.717) is 5.82 Å². The Morgan fingerprint density at radius 3 is 2.70 bits per heavy atom. The largest absolute Gasteiger partial charge is 0.358 e. The molecule has 0 fully saturated rings. The van der Waals surface area contributed by atoms with Gasteiger partial charge in [0.05, 0.1) is 0 Å². The summed E-state index contributed by atoms with van der Waals surface area (Å²) in [6.07, 6.45) is 2.62. The quantitative estimate of drug-likeness (QED) is 0.618. The highest BCUT2D eigenvalue weighted by Gasteiger charge is 2.14. The van der Waals surface area contributed by atoms with Crippen LogP contribution in [0.4, 0.5) is 0 Å². The van der Waals surface area contributed by atoms with Gasteiger partial charge < -0.3 is 4.57 Å². The minimum atomic E-state index is -3.94. The van der Waals surface area contributed by atoms with Gasteiger partial charge in [0.2, 0.25) is 0 Å². The molecule has 2 aromatic rings. The zero-order chi connectivity index (χ0) is 14.6. The highest BCUT2D eigenvalue weighted by molar-refractivity contribution is 7.86. The van der Waals surface area contributed by atoms with E-state index in [1.165, 1.54) is 22.9 Å². The van der Waals surface area contributed by atoms with Crippen molar-refractivity contribution in [2.75, 3.05) is 0 Å². The lowest BCUT2D eigenvalue weighted by Crippen LogP contribution is -2.03. The first kappa shape index (κ1) is 13.8. The molecule has 1 aromatic carbocycles. The lowest BCUT2D eigenvalue weighted by molar-refractivity contribution is 0.340. The van der Waals surface area contributed by atoms with Crippen molar-refractivity contribution < 1.29 is 12.7 Å². The van der Waals surface area contributed by atoms with Gasteiger partial charge in [-0.2, -0.15) is 13.7 Å². The normalized spacial score (nSPS) is 11.4. The van der Waals surface area contributed by atoms with Crippen LogP contribution in [0.5, 0.6) is 0 Å². The van der Waals surface area contributed by atoms with Crippen LogP contribution < -0.4 is 0 Å². The van der Waals surface area contributed by atoms with E-state index in [1.54, 1.807) is 25.2 Å². The molecule has 0 aliphatic carbocycles. The van der Waals surface area contributed by atoms with Crippen LogP contribution in [0.15, 0.2) is 46.6 Å². The van der Waals surface area contributed by atoms with Crippen LogP contribution in [0.2, 0.25) is 0 Å². The van der Waals surface area contributed by atoms with Crippen molar-refractivity contribution in [1.82, 2.24) is 9.55 Å². The molecule has 0 unspecified atom stereocenters. The number of nitriles is 1. The first-order valence-electron chi connectivity index (χ1n) is 5.48. The summed E-state index contributed by atoms with van der Waals surface area (Å²) >= 11 is 0. The van der Waals surface area contributed by atoms with Crippen LogP contribution in [0.1, 0.15) is 11.5 Å². The number of oxime groups is 1. The molecule has 0 bridgehead atoms. The van der Waals surface area contributed by atoms with Crippen LogP contribution >= 0.6 is 0 Å². The maximum Gasteiger partial charge on any atom is 0.358 e. The Hall–Kier alpha value is -2.66. The molecule has 0 atom stereocenters. The van der Waals surface area contributed by atoms with Gasteiger partial charge in [-0.1, -0.05) is 23.4 Å². The molecular formula is C12H10N4O3S. The van der Waals surface area contributed by atoms with Crippen molar-refractivity contribution in [3.63, 3.8) is 0 Å². The first-order valence-corrected chi connectivity index (χ1v) is 6.89. The lowest BCUT2D eigenvalue weighted by Gasteiger charge is -2.00. The Morgan fingerprint density at radius 2 is 2.10 bits per heavy atom. The van der Waals surface area contributed by atoms with E-state index in [4.69, 9.17) is 5.26 Å². The van der Waals surface area contributed by atoms with Gasteiger partial charge in [0.25, 0.3) is 0 Å². The fraction of sp³-hybridized carbons (Fsp3) is 0.0833. The summed E-state index contributed by atoms with van der Waals surface area (Å²) in [5.74, 6) is 0.310. The molecule has 0 saturated carbocycles. The van der Waals surface area contributed by atoms with E-state index in [2.05, 4.69) is 14.4 Å². The molecule has 20 heavy (non-hydrogen) atoms. The third-order valence-electron chi connectivity index (χ3n) is 2.37. The molecule has 8 heteroatoms. The summed E-state index contributed by atoms with van der Waals surface area (Å²) in [5, 5.41) is 12.1. The molecule has 7 nitrogen and oxygen atoms in total. The average Bonchev–Trinajstić information content (AvgIpc) is 2.80. The van der Waals surface area contributed by atoms with Crippen LogP contribution in [0.25, 0.3) is 0 Å². The van der Waals surface area contributed by atoms with Crippen LogP contribution in [-0.2, 0) is 21.4 Å². The van der Waals surface area contributed by atoms with Crippen molar-refractivity contribution >= 4 is 16.3 Å². The van der Waals surface area contributed by atoms with E-state index < -0.39 is 10.1 Å². The molecule has 1 aromatic heterocycles. The summed E-state index contributed by atoms with van der Waals surface area (Å²) in [6, 6.07) is 9.53. The summed E-state index contributed by atoms with van der Waals surface area (Å²) in [5.41, 5.74) is 0.208. The van der Waals surface area contributed by atoms with Crippen LogP contribution in [-0.4, -0.2) is 24.2 Å². The number of aryl methyl sites for hydroxylation is 1. The molecule has 102 valence electrons. The fourth-order valence-corrected chi connectivity index (χ4v) is 2.14. The van der Waals surface area contributed by atoms with E-state index in [-0.39, 0.29) is 10.6 Å². The second kappa shape index (κ2) is 5.54. The molecule has 0 saturated heterocycles. The maximum absolute atomic E-state index is 11.8. The van der Waals surface area contributed by atoms with Crippen molar-refractivity contribution in [3.05, 3.63) is 48.0 Å². The Kier molecular flexibility index (Phi) is 3.81. The molecule has 1 heterocycles. The number of hydrogen-bond acceptors (Lipinski definition) is 6. The van der Waals surface area contributed by atoms with E-state index >= 15 is 0 Å². The van der Waals surface area contributed by atoms with Crippen molar-refractivity contribution in [1.29, 1.82) is 5.26 Å². The van der Waals surface area contributed by atoms with Crippen molar-refractivity contribution in [3.8, 4) is 6.07 Å². The third-order valence-corrected chi connectivity index (χ3v) is 3.50. The lowest BCUT2D eigenvalue weighted by atomic mass is 10.4. The molecule has 0 spiro atoms. The highest BCUT2D eigenvalue weighted by Crippen LogP contribution is 2.11. The zero-order valence-electron chi connectivity index (χ0n) is 10.5. The molecule has 0 aliphatic rings. The standard InChI is InChI=1S/C12H10N4O3S/c1-16-9-10(7-13)15-12(16)8-14-19-20(17,18)11-5-3-2-4-6-11/h2-6,8-9H,1H3. The molecule has 0 radical (unpaired) electrons. The SMILES string of the molecule is Cn1cc(C#N)nc1C=NOS(=O)(=O)c1ccccc1. The van der Waals surface area contributed by atoms with Gasteiger partial charge in [0, 0.05) is 13.2 Å². The Balaban J connectivity index is 2.14. The highest BCUT2D eigenvalue weighted by atomic mass is 32.2. The van der Waals surface area contributed by atoms with Gasteiger partial charge in [-0.25, -0.2) is 4.98 Å². The van der Waals surface area contributed by atoms with E-state index in [1.807, 2.05) is 6.07 Å². The Morgan fingerprint density at radius 1 is 1.40 bits per heavy atom. The number of hydrogen-bond donors (Lipinski definition) is 0. The Labute approximate surface area is 115 Å². The zero-order valence-corrected chi connectivity index (χ0v) is 11.3. The monoisotopic (exact) mass is 290 g/mol. The van der Waals surface area contributed by atoms with E-state index in [0.717, 1.165) is 6.21 Å². The van der Waals surface area contributed by atoms with Crippen molar-refractivity contribution in [2.45, 2.75) is 4.90 Å². The number of benzene rings is 1. The molecule has 0 N–H and O–H groups in total.